The fourth-order valence-electron chi connectivity index (χ4n) is 3.65. The molecule has 2 atom stereocenters. The van der Waals surface area contributed by atoms with Gasteiger partial charge in [0.1, 0.15) is 5.01 Å². The minimum Gasteiger partial charge on any atom is -0.319 e. The molecule has 3 heterocycles. The van der Waals surface area contributed by atoms with Crippen molar-refractivity contribution >= 4 is 11.3 Å². The lowest BCUT2D eigenvalue weighted by Gasteiger charge is -2.41. The SMILES string of the molecule is CCc1nc(C2(N)CC3CCC(C2)N3C)sc1C. The highest BCUT2D eigenvalue weighted by Gasteiger charge is 2.47. The van der Waals surface area contributed by atoms with Crippen molar-refractivity contribution in [1.29, 1.82) is 0 Å². The van der Waals surface area contributed by atoms with Crippen LogP contribution in [0.2, 0.25) is 0 Å². The van der Waals surface area contributed by atoms with Crippen LogP contribution in [0.4, 0.5) is 0 Å². The van der Waals surface area contributed by atoms with Crippen molar-refractivity contribution in [3.05, 3.63) is 15.6 Å². The average molecular weight is 265 g/mol. The third-order valence-electron chi connectivity index (χ3n) is 4.84. The molecule has 2 aliphatic heterocycles. The van der Waals surface area contributed by atoms with Crippen LogP contribution in [-0.4, -0.2) is 29.0 Å². The zero-order chi connectivity index (χ0) is 12.9. The second-order valence-corrected chi connectivity index (χ2v) is 7.19. The molecule has 0 saturated carbocycles. The number of nitrogens with two attached hydrogens (primary N) is 1. The molecule has 1 aromatic heterocycles. The van der Waals surface area contributed by atoms with Gasteiger partial charge in [-0.1, -0.05) is 6.92 Å². The lowest BCUT2D eigenvalue weighted by Crippen LogP contribution is -2.52. The Kier molecular flexibility index (Phi) is 3.00. The molecule has 2 saturated heterocycles. The first kappa shape index (κ1) is 12.6. The van der Waals surface area contributed by atoms with Crippen LogP contribution in [0.3, 0.4) is 0 Å². The molecule has 0 aromatic carbocycles. The standard InChI is InChI=1S/C14H23N3S/c1-4-12-9(2)18-13(16-12)14(15)7-10-5-6-11(8-14)17(10)3/h10-11H,4-8,15H2,1-3H3. The molecule has 3 nitrogen and oxygen atoms in total. The molecule has 2 bridgehead atoms. The van der Waals surface area contributed by atoms with Gasteiger partial charge in [-0.05, 0) is 46.1 Å². The summed E-state index contributed by atoms with van der Waals surface area (Å²) in [5, 5.41) is 1.18. The predicted molar refractivity (Wildman–Crippen MR) is 75.9 cm³/mol. The zero-order valence-electron chi connectivity index (χ0n) is 11.6. The highest BCUT2D eigenvalue weighted by atomic mass is 32.1. The fraction of sp³-hybridized carbons (Fsp3) is 0.786. The van der Waals surface area contributed by atoms with Crippen molar-refractivity contribution < 1.29 is 0 Å². The third-order valence-corrected chi connectivity index (χ3v) is 6.07. The molecule has 100 valence electrons. The smallest absolute Gasteiger partial charge is 0.113 e. The highest BCUT2D eigenvalue weighted by molar-refractivity contribution is 7.11. The van der Waals surface area contributed by atoms with Gasteiger partial charge in [0.25, 0.3) is 0 Å². The zero-order valence-corrected chi connectivity index (χ0v) is 12.4. The number of aryl methyl sites for hydroxylation is 2. The van der Waals surface area contributed by atoms with Crippen LogP contribution in [0, 0.1) is 6.92 Å². The van der Waals surface area contributed by atoms with Gasteiger partial charge in [0, 0.05) is 17.0 Å². The van der Waals surface area contributed by atoms with Crippen LogP contribution in [0.15, 0.2) is 0 Å². The summed E-state index contributed by atoms with van der Waals surface area (Å²) in [5.41, 5.74) is 7.80. The number of rotatable bonds is 2. The monoisotopic (exact) mass is 265 g/mol. The Morgan fingerprint density at radius 3 is 2.50 bits per heavy atom. The largest absolute Gasteiger partial charge is 0.319 e. The first-order valence-electron chi connectivity index (χ1n) is 7.01. The lowest BCUT2D eigenvalue weighted by atomic mass is 9.84. The fourth-order valence-corrected chi connectivity index (χ4v) is 4.77. The van der Waals surface area contributed by atoms with Gasteiger partial charge in [-0.25, -0.2) is 4.98 Å². The minimum atomic E-state index is -0.165. The molecule has 1 aromatic rings. The van der Waals surface area contributed by atoms with Crippen molar-refractivity contribution in [3.8, 4) is 0 Å². The Balaban J connectivity index is 1.91. The highest BCUT2D eigenvalue weighted by Crippen LogP contribution is 2.44. The molecule has 0 spiro atoms. The number of hydrogen-bond acceptors (Lipinski definition) is 4. The van der Waals surface area contributed by atoms with Gasteiger partial charge in [-0.3, -0.25) is 0 Å². The van der Waals surface area contributed by atoms with E-state index in [4.69, 9.17) is 10.7 Å². The van der Waals surface area contributed by atoms with Crippen LogP contribution >= 0.6 is 11.3 Å². The van der Waals surface area contributed by atoms with E-state index in [2.05, 4.69) is 25.8 Å². The number of piperidine rings is 1. The number of hydrogen-bond donors (Lipinski definition) is 1. The van der Waals surface area contributed by atoms with Gasteiger partial charge < -0.3 is 10.6 Å². The van der Waals surface area contributed by atoms with E-state index in [1.54, 1.807) is 0 Å². The second kappa shape index (κ2) is 4.29. The summed E-state index contributed by atoms with van der Waals surface area (Å²) >= 11 is 1.82. The normalized spacial score (nSPS) is 36.2. The number of thiazole rings is 1. The molecule has 0 aliphatic carbocycles. The third kappa shape index (κ3) is 1.82. The Bertz CT molecular complexity index is 440. The van der Waals surface area contributed by atoms with Crippen LogP contribution < -0.4 is 5.73 Å². The summed E-state index contributed by atoms with van der Waals surface area (Å²) < 4.78 is 0. The molecule has 18 heavy (non-hydrogen) atoms. The molecule has 2 fully saturated rings. The molecule has 0 amide bonds. The van der Waals surface area contributed by atoms with E-state index < -0.39 is 0 Å². The maximum atomic E-state index is 6.72. The van der Waals surface area contributed by atoms with E-state index in [9.17, 15) is 0 Å². The molecule has 2 aliphatic rings. The summed E-state index contributed by atoms with van der Waals surface area (Å²) in [5.74, 6) is 0. The molecular formula is C14H23N3S. The quantitative estimate of drug-likeness (QED) is 0.893. The molecule has 0 radical (unpaired) electrons. The topological polar surface area (TPSA) is 42.1 Å². The first-order chi connectivity index (χ1) is 8.53. The summed E-state index contributed by atoms with van der Waals surface area (Å²) in [4.78, 5) is 8.70. The van der Waals surface area contributed by atoms with Gasteiger partial charge in [-0.15, -0.1) is 11.3 Å². The molecule has 2 N–H and O–H groups in total. The maximum Gasteiger partial charge on any atom is 0.113 e. The minimum absolute atomic E-state index is 0.165. The van der Waals surface area contributed by atoms with Crippen LogP contribution in [0.5, 0.6) is 0 Å². The Labute approximate surface area is 113 Å². The predicted octanol–water partition coefficient (Wildman–Crippen LogP) is 2.42. The summed E-state index contributed by atoms with van der Waals surface area (Å²) in [6, 6.07) is 1.34. The van der Waals surface area contributed by atoms with E-state index >= 15 is 0 Å². The summed E-state index contributed by atoms with van der Waals surface area (Å²) in [6.45, 7) is 4.35. The van der Waals surface area contributed by atoms with Crippen molar-refractivity contribution in [2.75, 3.05) is 7.05 Å². The lowest BCUT2D eigenvalue weighted by molar-refractivity contribution is 0.113. The van der Waals surface area contributed by atoms with Gasteiger partial charge in [0.15, 0.2) is 0 Å². The van der Waals surface area contributed by atoms with E-state index in [-0.39, 0.29) is 5.54 Å². The second-order valence-electron chi connectivity index (χ2n) is 5.99. The molecule has 4 heteroatoms. The maximum absolute atomic E-state index is 6.72. The van der Waals surface area contributed by atoms with Crippen molar-refractivity contribution in [1.82, 2.24) is 9.88 Å². The average Bonchev–Trinajstić information content (AvgIpc) is 2.80. The first-order valence-corrected chi connectivity index (χ1v) is 7.83. The number of fused-ring (bicyclic) bond motifs is 2. The molecule has 2 unspecified atom stereocenters. The Morgan fingerprint density at radius 2 is 2.00 bits per heavy atom. The van der Waals surface area contributed by atoms with E-state index in [1.165, 1.54) is 28.4 Å². The van der Waals surface area contributed by atoms with Gasteiger partial charge in [0.05, 0.1) is 11.2 Å². The van der Waals surface area contributed by atoms with Gasteiger partial charge in [-0.2, -0.15) is 0 Å². The van der Waals surface area contributed by atoms with Crippen molar-refractivity contribution in [3.63, 3.8) is 0 Å². The van der Waals surface area contributed by atoms with Crippen molar-refractivity contribution in [2.24, 2.45) is 5.73 Å². The van der Waals surface area contributed by atoms with E-state index in [0.29, 0.717) is 12.1 Å². The summed E-state index contributed by atoms with van der Waals surface area (Å²) in [7, 11) is 2.26. The van der Waals surface area contributed by atoms with Crippen molar-refractivity contribution in [2.45, 2.75) is 63.6 Å². The van der Waals surface area contributed by atoms with Crippen LogP contribution in [0.25, 0.3) is 0 Å². The van der Waals surface area contributed by atoms with E-state index in [1.807, 2.05) is 11.3 Å². The molecular weight excluding hydrogens is 242 g/mol. The van der Waals surface area contributed by atoms with Crippen LogP contribution in [0.1, 0.15) is 48.2 Å². The van der Waals surface area contributed by atoms with Gasteiger partial charge in [0.2, 0.25) is 0 Å². The molecule has 3 rings (SSSR count). The van der Waals surface area contributed by atoms with Gasteiger partial charge >= 0.3 is 0 Å². The van der Waals surface area contributed by atoms with Crippen LogP contribution in [-0.2, 0) is 12.0 Å². The van der Waals surface area contributed by atoms with E-state index in [0.717, 1.165) is 19.3 Å². The Morgan fingerprint density at radius 1 is 1.39 bits per heavy atom. The summed E-state index contributed by atoms with van der Waals surface area (Å²) in [6.07, 6.45) is 5.80. The number of nitrogens with zero attached hydrogens (tertiary/aromatic N) is 2. The number of aromatic nitrogens is 1. The Hall–Kier alpha value is -0.450.